The van der Waals surface area contributed by atoms with Gasteiger partial charge in [0, 0.05) is 12.1 Å². The fourth-order valence-electron chi connectivity index (χ4n) is 3.64. The Balaban J connectivity index is 1.64. The van der Waals surface area contributed by atoms with Gasteiger partial charge in [0.25, 0.3) is 0 Å². The molecule has 2 unspecified atom stereocenters. The molecule has 0 aromatic carbocycles. The number of piperidine rings is 1. The summed E-state index contributed by atoms with van der Waals surface area (Å²) < 4.78 is 5.64. The largest absolute Gasteiger partial charge is 0.464 e. The number of rotatable bonds is 6. The number of hydrogen-bond acceptors (Lipinski definition) is 4. The molecule has 5 heteroatoms. The number of carbonyl (C=O) groups is 1. The summed E-state index contributed by atoms with van der Waals surface area (Å²) in [6.07, 6.45) is 4.41. The predicted molar refractivity (Wildman–Crippen MR) is 87.9 cm³/mol. The van der Waals surface area contributed by atoms with Gasteiger partial charge in [0.15, 0.2) is 0 Å². The summed E-state index contributed by atoms with van der Waals surface area (Å²) in [5.41, 5.74) is 0. The van der Waals surface area contributed by atoms with Gasteiger partial charge in [-0.25, -0.2) is 0 Å². The van der Waals surface area contributed by atoms with Crippen LogP contribution in [0.25, 0.3) is 0 Å². The summed E-state index contributed by atoms with van der Waals surface area (Å²) in [4.78, 5) is 17.0. The summed E-state index contributed by atoms with van der Waals surface area (Å²) in [6.45, 7) is 6.10. The van der Waals surface area contributed by atoms with E-state index in [9.17, 15) is 9.90 Å². The first-order chi connectivity index (χ1) is 11.1. The Kier molecular flexibility index (Phi) is 5.07. The Hall–Kier alpha value is -1.33. The Labute approximate surface area is 138 Å². The van der Waals surface area contributed by atoms with Crippen molar-refractivity contribution in [2.24, 2.45) is 5.92 Å². The van der Waals surface area contributed by atoms with Gasteiger partial charge in [-0.2, -0.15) is 0 Å². The second-order valence-electron chi connectivity index (χ2n) is 7.11. The lowest BCUT2D eigenvalue weighted by Crippen LogP contribution is -2.51. The van der Waals surface area contributed by atoms with Crippen LogP contribution >= 0.6 is 0 Å². The molecule has 1 N–H and O–H groups in total. The van der Waals surface area contributed by atoms with Crippen LogP contribution in [0.4, 0.5) is 0 Å². The van der Waals surface area contributed by atoms with Crippen LogP contribution in [0.3, 0.4) is 0 Å². The van der Waals surface area contributed by atoms with E-state index in [0.29, 0.717) is 25.0 Å². The first kappa shape index (κ1) is 16.5. The van der Waals surface area contributed by atoms with E-state index in [1.165, 1.54) is 0 Å². The molecule has 5 nitrogen and oxygen atoms in total. The van der Waals surface area contributed by atoms with Crippen molar-refractivity contribution in [1.82, 2.24) is 9.80 Å². The molecule has 3 rings (SSSR count). The summed E-state index contributed by atoms with van der Waals surface area (Å²) >= 11 is 0. The molecule has 1 amide bonds. The molecule has 2 heterocycles. The Morgan fingerprint density at radius 3 is 2.78 bits per heavy atom. The topological polar surface area (TPSA) is 56.9 Å². The van der Waals surface area contributed by atoms with E-state index < -0.39 is 0 Å². The van der Waals surface area contributed by atoms with Crippen LogP contribution in [0.2, 0.25) is 0 Å². The van der Waals surface area contributed by atoms with Crippen LogP contribution < -0.4 is 0 Å². The summed E-state index contributed by atoms with van der Waals surface area (Å²) in [6, 6.07) is 4.37. The lowest BCUT2D eigenvalue weighted by molar-refractivity contribution is -0.135. The smallest absolute Gasteiger partial charge is 0.237 e. The van der Waals surface area contributed by atoms with E-state index in [2.05, 4.69) is 11.8 Å². The molecule has 1 aromatic rings. The third kappa shape index (κ3) is 3.96. The molecule has 1 saturated heterocycles. The van der Waals surface area contributed by atoms with Crippen LogP contribution in [0.5, 0.6) is 0 Å². The molecule has 2 atom stereocenters. The summed E-state index contributed by atoms with van der Waals surface area (Å²) in [5.74, 6) is 2.35. The highest BCUT2D eigenvalue weighted by molar-refractivity contribution is 5.79. The van der Waals surface area contributed by atoms with E-state index in [1.807, 2.05) is 24.0 Å². The second-order valence-corrected chi connectivity index (χ2v) is 7.11. The lowest BCUT2D eigenvalue weighted by atomic mass is 9.91. The number of amides is 1. The van der Waals surface area contributed by atoms with Crippen LogP contribution in [0.15, 0.2) is 16.5 Å². The van der Waals surface area contributed by atoms with Gasteiger partial charge in [0.1, 0.15) is 11.5 Å². The van der Waals surface area contributed by atoms with Gasteiger partial charge in [-0.05, 0) is 57.2 Å². The zero-order valence-electron chi connectivity index (χ0n) is 14.2. The maximum Gasteiger partial charge on any atom is 0.237 e. The Bertz CT molecular complexity index is 538. The number of aliphatic hydroxyl groups is 1. The lowest BCUT2D eigenvalue weighted by Gasteiger charge is -2.39. The number of nitrogens with zero attached hydrogens (tertiary/aromatic N) is 2. The number of aryl methyl sites for hydroxylation is 1. The molecule has 23 heavy (non-hydrogen) atoms. The highest BCUT2D eigenvalue weighted by Crippen LogP contribution is 2.30. The van der Waals surface area contributed by atoms with Gasteiger partial charge < -0.3 is 14.4 Å². The first-order valence-electron chi connectivity index (χ1n) is 8.78. The first-order valence-corrected chi connectivity index (χ1v) is 8.78. The van der Waals surface area contributed by atoms with Gasteiger partial charge in [0.2, 0.25) is 5.91 Å². The molecule has 1 aliphatic carbocycles. The van der Waals surface area contributed by atoms with Gasteiger partial charge in [-0.1, -0.05) is 6.92 Å². The predicted octanol–water partition coefficient (Wildman–Crippen LogP) is 2.17. The van der Waals surface area contributed by atoms with Gasteiger partial charge in [-0.3, -0.25) is 9.69 Å². The van der Waals surface area contributed by atoms with E-state index in [4.69, 9.17) is 4.42 Å². The second kappa shape index (κ2) is 7.05. The van der Waals surface area contributed by atoms with E-state index in [1.54, 1.807) is 0 Å². The standard InChI is InChI=1S/C18H28N2O3/c1-13-4-3-9-19(17(13)12-21)11-18(22)20(15-6-7-15)10-16-8-5-14(2)23-16/h5,8,13,15,17,21H,3-4,6-7,9-12H2,1-2H3. The molecule has 0 bridgehead atoms. The van der Waals surface area contributed by atoms with Gasteiger partial charge in [-0.15, -0.1) is 0 Å². The van der Waals surface area contributed by atoms with E-state index in [-0.39, 0.29) is 18.6 Å². The van der Waals surface area contributed by atoms with Gasteiger partial charge in [0.05, 0.1) is 19.7 Å². The normalized spacial score (nSPS) is 25.5. The molecule has 128 valence electrons. The third-order valence-corrected chi connectivity index (χ3v) is 5.19. The van der Waals surface area contributed by atoms with Crippen molar-refractivity contribution >= 4 is 5.91 Å². The van der Waals surface area contributed by atoms with Crippen LogP contribution in [0.1, 0.15) is 44.1 Å². The number of aliphatic hydroxyl groups excluding tert-OH is 1. The average molecular weight is 320 g/mol. The Morgan fingerprint density at radius 2 is 2.17 bits per heavy atom. The molecule has 2 aliphatic rings. The van der Waals surface area contributed by atoms with E-state index >= 15 is 0 Å². The third-order valence-electron chi connectivity index (χ3n) is 5.19. The number of furan rings is 1. The fourth-order valence-corrected chi connectivity index (χ4v) is 3.64. The van der Waals surface area contributed by atoms with Crippen LogP contribution in [-0.4, -0.2) is 52.6 Å². The zero-order valence-corrected chi connectivity index (χ0v) is 14.2. The minimum atomic E-state index is 0.111. The number of carbonyl (C=O) groups excluding carboxylic acids is 1. The number of hydrogen-bond donors (Lipinski definition) is 1. The molecule has 1 aromatic heterocycles. The van der Waals surface area contributed by atoms with Crippen LogP contribution in [0, 0.1) is 12.8 Å². The molecule has 2 fully saturated rings. The molecule has 1 aliphatic heterocycles. The molecule has 0 spiro atoms. The van der Waals surface area contributed by atoms with Crippen molar-refractivity contribution in [2.75, 3.05) is 19.7 Å². The Morgan fingerprint density at radius 1 is 1.39 bits per heavy atom. The minimum absolute atomic E-state index is 0.111. The minimum Gasteiger partial charge on any atom is -0.464 e. The van der Waals surface area contributed by atoms with E-state index in [0.717, 1.165) is 43.7 Å². The highest BCUT2D eigenvalue weighted by Gasteiger charge is 2.36. The quantitative estimate of drug-likeness (QED) is 0.873. The van der Waals surface area contributed by atoms with Crippen molar-refractivity contribution in [1.29, 1.82) is 0 Å². The average Bonchev–Trinajstić information content (AvgIpc) is 3.27. The van der Waals surface area contributed by atoms with Crippen LogP contribution in [-0.2, 0) is 11.3 Å². The van der Waals surface area contributed by atoms with Crippen molar-refractivity contribution in [3.63, 3.8) is 0 Å². The monoisotopic (exact) mass is 320 g/mol. The van der Waals surface area contributed by atoms with Crippen molar-refractivity contribution in [3.8, 4) is 0 Å². The van der Waals surface area contributed by atoms with Crippen molar-refractivity contribution < 1.29 is 14.3 Å². The fraction of sp³-hybridized carbons (Fsp3) is 0.722. The molecule has 1 saturated carbocycles. The summed E-state index contributed by atoms with van der Waals surface area (Å²) in [7, 11) is 0. The zero-order chi connectivity index (χ0) is 16.4. The van der Waals surface area contributed by atoms with Gasteiger partial charge >= 0.3 is 0 Å². The molecule has 0 radical (unpaired) electrons. The summed E-state index contributed by atoms with van der Waals surface area (Å²) in [5, 5.41) is 9.66. The maximum absolute atomic E-state index is 12.8. The van der Waals surface area contributed by atoms with Crippen molar-refractivity contribution in [2.45, 2.75) is 58.2 Å². The maximum atomic E-state index is 12.8. The molecular formula is C18H28N2O3. The highest BCUT2D eigenvalue weighted by atomic mass is 16.3. The number of likely N-dealkylation sites (tertiary alicyclic amines) is 1. The molecular weight excluding hydrogens is 292 g/mol. The SMILES string of the molecule is Cc1ccc(CN(C(=O)CN2CCCC(C)C2CO)C2CC2)o1. The van der Waals surface area contributed by atoms with Crippen molar-refractivity contribution in [3.05, 3.63) is 23.7 Å².